The quantitative estimate of drug-likeness (QED) is 0.249. The van der Waals surface area contributed by atoms with Crippen LogP contribution in [-0.2, 0) is 14.2 Å². The summed E-state index contributed by atoms with van der Waals surface area (Å²) in [7, 11) is 0. The lowest BCUT2D eigenvalue weighted by Gasteiger charge is -2.42. The zero-order valence-electron chi connectivity index (χ0n) is 16.4. The van der Waals surface area contributed by atoms with E-state index in [0.717, 1.165) is 9.47 Å². The molecule has 0 aliphatic heterocycles. The lowest BCUT2D eigenvalue weighted by atomic mass is 10.2. The average molecular weight is 643 g/mol. The van der Waals surface area contributed by atoms with E-state index in [-0.39, 0.29) is 0 Å². The Morgan fingerprint density at radius 2 is 0.641 bits per heavy atom. The maximum absolute atomic E-state index is 14.0. The predicted octanol–water partition coefficient (Wildman–Crippen LogP) is 7.22. The fourth-order valence-electron chi connectivity index (χ4n) is 1.60. The molecule has 0 heterocycles. The second kappa shape index (κ2) is 9.41. The number of alkyl halides is 23. The highest BCUT2D eigenvalue weighted by molar-refractivity contribution is 5.03. The largest absolute Gasteiger partial charge is 0.463 e. The van der Waals surface area contributed by atoms with Gasteiger partial charge < -0.3 is 0 Å². The molecule has 27 heteroatoms. The lowest BCUT2D eigenvalue weighted by molar-refractivity contribution is -0.577. The van der Waals surface area contributed by atoms with Crippen molar-refractivity contribution in [2.45, 2.75) is 66.5 Å². The highest BCUT2D eigenvalue weighted by Gasteiger charge is 2.88. The predicted molar refractivity (Wildman–Crippen MR) is 64.4 cm³/mol. The van der Waals surface area contributed by atoms with E-state index in [9.17, 15) is 101 Å². The minimum Gasteiger partial charge on any atom is -0.263 e. The zero-order chi connectivity index (χ0) is 32.3. The third-order valence-corrected chi connectivity index (χ3v) is 3.51. The van der Waals surface area contributed by atoms with Gasteiger partial charge in [0.05, 0.1) is 0 Å². The minimum atomic E-state index is -8.70. The fourth-order valence-corrected chi connectivity index (χ4v) is 1.60. The van der Waals surface area contributed by atoms with Gasteiger partial charge in [0.2, 0.25) is 0 Å². The summed E-state index contributed by atoms with van der Waals surface area (Å²) in [5.74, 6) is -32.3. The summed E-state index contributed by atoms with van der Waals surface area (Å²) in [6, 6.07) is -1.06. The van der Waals surface area contributed by atoms with E-state index in [1.807, 2.05) is 0 Å². The summed E-state index contributed by atoms with van der Waals surface area (Å²) >= 11 is 0. The average Bonchev–Trinajstić information content (AvgIpc) is 2.62. The molecule has 3 atom stereocenters. The Morgan fingerprint density at radius 1 is 0.359 bits per heavy atom. The van der Waals surface area contributed by atoms with Crippen molar-refractivity contribution in [1.82, 2.24) is 0 Å². The van der Waals surface area contributed by atoms with Crippen LogP contribution in [0.4, 0.5) is 101 Å². The van der Waals surface area contributed by atoms with Gasteiger partial charge in [-0.15, -0.1) is 0 Å². The summed E-state index contributed by atoms with van der Waals surface area (Å²) < 4.78 is 299. The van der Waals surface area contributed by atoms with Crippen LogP contribution in [0.15, 0.2) is 0 Å². The number of nitriles is 1. The van der Waals surface area contributed by atoms with Crippen LogP contribution in [0, 0.1) is 11.3 Å². The molecule has 0 spiro atoms. The molecule has 4 nitrogen and oxygen atoms in total. The summed E-state index contributed by atoms with van der Waals surface area (Å²) in [6.45, 7) is 0. The molecule has 232 valence electrons. The van der Waals surface area contributed by atoms with Crippen molar-refractivity contribution in [2.75, 3.05) is 0 Å². The molecule has 0 saturated carbocycles. The van der Waals surface area contributed by atoms with E-state index < -0.39 is 72.6 Å². The maximum Gasteiger partial charge on any atom is 0.463 e. The van der Waals surface area contributed by atoms with Crippen LogP contribution >= 0.6 is 0 Å². The maximum atomic E-state index is 14.0. The van der Waals surface area contributed by atoms with Gasteiger partial charge in [0.1, 0.15) is 6.07 Å². The van der Waals surface area contributed by atoms with Crippen molar-refractivity contribution >= 4 is 0 Å². The van der Waals surface area contributed by atoms with Gasteiger partial charge in [0, 0.05) is 0 Å². The van der Waals surface area contributed by atoms with E-state index in [2.05, 4.69) is 0 Å². The lowest BCUT2D eigenvalue weighted by Crippen LogP contribution is -2.70. The van der Waals surface area contributed by atoms with Crippen LogP contribution in [0.5, 0.6) is 0 Å². The van der Waals surface area contributed by atoms with Gasteiger partial charge in [-0.3, -0.25) is 14.2 Å². The van der Waals surface area contributed by atoms with Gasteiger partial charge in [0.15, 0.2) is 0 Å². The zero-order valence-corrected chi connectivity index (χ0v) is 16.4. The number of nitrogens with zero attached hydrogens (tertiary/aromatic N) is 1. The van der Waals surface area contributed by atoms with Crippen LogP contribution in [0.2, 0.25) is 0 Å². The molecule has 3 unspecified atom stereocenters. The Kier molecular flexibility index (Phi) is 8.87. The Hall–Kier alpha value is -2.24. The second-order valence-electron chi connectivity index (χ2n) is 6.32. The van der Waals surface area contributed by atoms with Crippen LogP contribution in [0.25, 0.3) is 0 Å². The summed E-state index contributed by atoms with van der Waals surface area (Å²) in [5.41, 5.74) is 0. The number of hydrogen-bond acceptors (Lipinski definition) is 4. The molecule has 0 N–H and O–H groups in total. The standard InChI is InChI=1S/C12F23NO3/c13-2(1-36,6(18,19)20)37-11(32,33)4(16,8(24,25)26)39-12(34,35)5(17,9(27,28)29)38-10(30,31)3(14,15)7(21,22)23. The van der Waals surface area contributed by atoms with Crippen molar-refractivity contribution in [3.05, 3.63) is 0 Å². The highest BCUT2D eigenvalue weighted by atomic mass is 19.4. The first kappa shape index (κ1) is 36.8. The number of hydrogen-bond donors (Lipinski definition) is 0. The van der Waals surface area contributed by atoms with Crippen LogP contribution in [0.1, 0.15) is 0 Å². The molecule has 0 aliphatic rings. The van der Waals surface area contributed by atoms with Crippen LogP contribution < -0.4 is 0 Å². The molecule has 39 heavy (non-hydrogen) atoms. The van der Waals surface area contributed by atoms with E-state index in [4.69, 9.17) is 5.26 Å². The third-order valence-electron chi connectivity index (χ3n) is 3.51. The molecule has 0 radical (unpaired) electrons. The van der Waals surface area contributed by atoms with Gasteiger partial charge in [-0.1, -0.05) is 0 Å². The molecule has 0 rings (SSSR count). The monoisotopic (exact) mass is 643 g/mol. The Balaban J connectivity index is 7.17. The van der Waals surface area contributed by atoms with E-state index in [0.29, 0.717) is 0 Å². The minimum absolute atomic E-state index is 0.997. The molecule has 0 aromatic heterocycles. The molecule has 0 bridgehead atoms. The van der Waals surface area contributed by atoms with E-state index in [1.54, 1.807) is 0 Å². The normalized spacial score (nSPS) is 20.1. The number of ether oxygens (including phenoxy) is 3. The van der Waals surface area contributed by atoms with Crippen LogP contribution in [0.3, 0.4) is 0 Å². The van der Waals surface area contributed by atoms with Crippen molar-refractivity contribution in [3.8, 4) is 6.07 Å². The Bertz CT molecular complexity index is 925. The van der Waals surface area contributed by atoms with Gasteiger partial charge in [-0.2, -0.15) is 106 Å². The van der Waals surface area contributed by atoms with Gasteiger partial charge in [-0.05, 0) is 0 Å². The summed E-state index contributed by atoms with van der Waals surface area (Å²) in [4.78, 5) is 0. The van der Waals surface area contributed by atoms with E-state index in [1.165, 1.54) is 4.74 Å². The van der Waals surface area contributed by atoms with Gasteiger partial charge in [0.25, 0.3) is 0 Å². The molecule has 0 aromatic rings. The van der Waals surface area contributed by atoms with Crippen LogP contribution in [-0.4, -0.2) is 66.5 Å². The molecular formula is C12F23NO3. The van der Waals surface area contributed by atoms with Crippen molar-refractivity contribution in [2.24, 2.45) is 0 Å². The molecule has 0 aromatic carbocycles. The molecule has 0 amide bonds. The first-order chi connectivity index (χ1) is 16.4. The van der Waals surface area contributed by atoms with Crippen molar-refractivity contribution < 1.29 is 115 Å². The Morgan fingerprint density at radius 3 is 0.872 bits per heavy atom. The fraction of sp³-hybridized carbons (Fsp3) is 0.917. The first-order valence-electron chi connectivity index (χ1n) is 7.79. The Labute approximate surface area is 194 Å². The van der Waals surface area contributed by atoms with Crippen molar-refractivity contribution in [1.29, 1.82) is 5.26 Å². The molecular weight excluding hydrogens is 643 g/mol. The second-order valence-corrected chi connectivity index (χ2v) is 6.32. The summed E-state index contributed by atoms with van der Waals surface area (Å²) in [6.07, 6.45) is -57.1. The van der Waals surface area contributed by atoms with E-state index >= 15 is 0 Å². The third kappa shape index (κ3) is 6.10. The first-order valence-corrected chi connectivity index (χ1v) is 7.79. The molecule has 0 fully saturated rings. The number of rotatable bonds is 9. The number of halogens is 23. The van der Waals surface area contributed by atoms with Gasteiger partial charge >= 0.3 is 66.5 Å². The smallest absolute Gasteiger partial charge is 0.263 e. The summed E-state index contributed by atoms with van der Waals surface area (Å²) in [5, 5.41) is 7.82. The SMILES string of the molecule is N#CC(F)(OC(F)(F)C(F)(OC(F)(F)C(F)(OC(F)(F)C(F)(F)C(F)(F)F)C(F)(F)F)C(F)(F)F)C(F)(F)F. The van der Waals surface area contributed by atoms with Gasteiger partial charge in [-0.25, -0.2) is 0 Å². The topological polar surface area (TPSA) is 51.5 Å². The molecule has 0 saturated heterocycles. The van der Waals surface area contributed by atoms with Crippen molar-refractivity contribution in [3.63, 3.8) is 0 Å². The highest BCUT2D eigenvalue weighted by Crippen LogP contribution is 2.59. The molecule has 0 aliphatic carbocycles.